The molecule has 5 nitrogen and oxygen atoms in total. The summed E-state index contributed by atoms with van der Waals surface area (Å²) in [6.45, 7) is 0.502. The molecule has 0 aliphatic carbocycles. The SMILES string of the molecule is N=C1CCOc2oc(-c3cnc(-c4cccnc4)s3)cc21. The predicted octanol–water partition coefficient (Wildman–Crippen LogP) is 3.62. The van der Waals surface area contributed by atoms with Crippen LogP contribution in [0.3, 0.4) is 0 Å². The van der Waals surface area contributed by atoms with Gasteiger partial charge in [0.05, 0.1) is 17.0 Å². The van der Waals surface area contributed by atoms with Crippen LogP contribution in [-0.4, -0.2) is 22.3 Å². The third kappa shape index (κ3) is 2.13. The fraction of sp³-hybridized carbons (Fsp3) is 0.133. The van der Waals surface area contributed by atoms with E-state index in [0.29, 0.717) is 30.4 Å². The third-order valence-electron chi connectivity index (χ3n) is 3.27. The van der Waals surface area contributed by atoms with Crippen LogP contribution >= 0.6 is 11.3 Å². The predicted molar refractivity (Wildman–Crippen MR) is 80.0 cm³/mol. The quantitative estimate of drug-likeness (QED) is 0.784. The molecule has 0 saturated carbocycles. The monoisotopic (exact) mass is 297 g/mol. The second kappa shape index (κ2) is 4.82. The summed E-state index contributed by atoms with van der Waals surface area (Å²) in [6, 6.07) is 5.72. The lowest BCUT2D eigenvalue weighted by molar-refractivity contribution is 0.246. The van der Waals surface area contributed by atoms with Crippen LogP contribution in [0, 0.1) is 5.41 Å². The van der Waals surface area contributed by atoms with Gasteiger partial charge in [-0.3, -0.25) is 4.98 Å². The molecule has 1 aliphatic heterocycles. The van der Waals surface area contributed by atoms with E-state index in [0.717, 1.165) is 21.0 Å². The summed E-state index contributed by atoms with van der Waals surface area (Å²) in [4.78, 5) is 9.43. The number of fused-ring (bicyclic) bond motifs is 1. The highest BCUT2D eigenvalue weighted by molar-refractivity contribution is 7.18. The average Bonchev–Trinajstić information content (AvgIpc) is 3.15. The highest BCUT2D eigenvalue weighted by atomic mass is 32.1. The summed E-state index contributed by atoms with van der Waals surface area (Å²) < 4.78 is 11.2. The van der Waals surface area contributed by atoms with E-state index in [-0.39, 0.29) is 0 Å². The second-order valence-corrected chi connectivity index (χ2v) is 5.69. The van der Waals surface area contributed by atoms with Gasteiger partial charge in [-0.1, -0.05) is 0 Å². The van der Waals surface area contributed by atoms with Crippen molar-refractivity contribution in [1.29, 1.82) is 5.41 Å². The summed E-state index contributed by atoms with van der Waals surface area (Å²) >= 11 is 1.53. The molecular weight excluding hydrogens is 286 g/mol. The Morgan fingerprint density at radius 2 is 2.24 bits per heavy atom. The van der Waals surface area contributed by atoms with Crippen LogP contribution in [0.1, 0.15) is 12.0 Å². The van der Waals surface area contributed by atoms with Crippen molar-refractivity contribution in [2.75, 3.05) is 6.61 Å². The van der Waals surface area contributed by atoms with Crippen LogP contribution in [0.25, 0.3) is 21.2 Å². The molecular formula is C15H11N3O2S. The Hall–Kier alpha value is -2.47. The maximum atomic E-state index is 7.93. The van der Waals surface area contributed by atoms with Gasteiger partial charge in [0.2, 0.25) is 0 Å². The molecule has 0 aromatic carbocycles. The van der Waals surface area contributed by atoms with Gasteiger partial charge in [0.25, 0.3) is 5.95 Å². The van der Waals surface area contributed by atoms with E-state index in [9.17, 15) is 0 Å². The number of nitrogens with zero attached hydrogens (tertiary/aromatic N) is 2. The zero-order valence-corrected chi connectivity index (χ0v) is 11.8. The first-order chi connectivity index (χ1) is 10.3. The van der Waals surface area contributed by atoms with E-state index in [1.165, 1.54) is 11.3 Å². The number of aromatic nitrogens is 2. The van der Waals surface area contributed by atoms with Crippen molar-refractivity contribution < 1.29 is 9.15 Å². The Balaban J connectivity index is 1.72. The van der Waals surface area contributed by atoms with Crippen LogP contribution in [0.15, 0.2) is 41.2 Å². The van der Waals surface area contributed by atoms with Crippen LogP contribution in [0.2, 0.25) is 0 Å². The molecule has 4 rings (SSSR count). The Labute approximate surface area is 124 Å². The Morgan fingerprint density at radius 3 is 3.05 bits per heavy atom. The molecule has 0 radical (unpaired) electrons. The van der Waals surface area contributed by atoms with Crippen molar-refractivity contribution in [3.63, 3.8) is 0 Å². The number of nitrogens with one attached hydrogen (secondary N) is 1. The maximum absolute atomic E-state index is 7.93. The van der Waals surface area contributed by atoms with Crippen molar-refractivity contribution in [3.05, 3.63) is 42.4 Å². The molecule has 3 aromatic rings. The summed E-state index contributed by atoms with van der Waals surface area (Å²) in [5.41, 5.74) is 2.28. The molecule has 0 amide bonds. The molecule has 0 bridgehead atoms. The number of hydrogen-bond donors (Lipinski definition) is 1. The zero-order valence-electron chi connectivity index (χ0n) is 11.0. The highest BCUT2D eigenvalue weighted by Crippen LogP contribution is 2.38. The third-order valence-corrected chi connectivity index (χ3v) is 4.33. The van der Waals surface area contributed by atoms with Crippen LogP contribution in [0.4, 0.5) is 0 Å². The van der Waals surface area contributed by atoms with Crippen molar-refractivity contribution in [1.82, 2.24) is 9.97 Å². The van der Waals surface area contributed by atoms with Gasteiger partial charge in [0, 0.05) is 36.3 Å². The van der Waals surface area contributed by atoms with Gasteiger partial charge in [-0.05, 0) is 18.2 Å². The van der Waals surface area contributed by atoms with Crippen molar-refractivity contribution >= 4 is 17.0 Å². The molecule has 0 saturated heterocycles. The minimum absolute atomic E-state index is 0.442. The van der Waals surface area contributed by atoms with E-state index in [2.05, 4.69) is 9.97 Å². The van der Waals surface area contributed by atoms with E-state index >= 15 is 0 Å². The standard InChI is InChI=1S/C15H11N3O2S/c16-11-3-5-19-15-10(11)6-12(20-15)13-8-18-14(21-13)9-2-1-4-17-7-9/h1-2,4,6-8,16H,3,5H2. The van der Waals surface area contributed by atoms with E-state index in [1.54, 1.807) is 18.6 Å². The fourth-order valence-corrected chi connectivity index (χ4v) is 3.06. The first-order valence-corrected chi connectivity index (χ1v) is 7.34. The number of thiazole rings is 1. The molecule has 6 heteroatoms. The molecule has 4 heterocycles. The van der Waals surface area contributed by atoms with E-state index in [1.807, 2.05) is 18.2 Å². The molecule has 0 atom stereocenters. The maximum Gasteiger partial charge on any atom is 0.294 e. The van der Waals surface area contributed by atoms with Gasteiger partial charge >= 0.3 is 0 Å². The molecule has 0 spiro atoms. The highest BCUT2D eigenvalue weighted by Gasteiger charge is 2.22. The van der Waals surface area contributed by atoms with Gasteiger partial charge < -0.3 is 14.6 Å². The largest absolute Gasteiger partial charge is 0.464 e. The van der Waals surface area contributed by atoms with Gasteiger partial charge in [-0.25, -0.2) is 4.98 Å². The summed E-state index contributed by atoms with van der Waals surface area (Å²) in [6.07, 6.45) is 5.92. The minimum Gasteiger partial charge on any atom is -0.464 e. The molecule has 0 fully saturated rings. The lowest BCUT2D eigenvalue weighted by Crippen LogP contribution is -2.13. The number of rotatable bonds is 2. The molecule has 1 N–H and O–H groups in total. The Morgan fingerprint density at radius 1 is 1.29 bits per heavy atom. The smallest absolute Gasteiger partial charge is 0.294 e. The van der Waals surface area contributed by atoms with Crippen LogP contribution in [0.5, 0.6) is 5.95 Å². The molecule has 3 aromatic heterocycles. The van der Waals surface area contributed by atoms with Gasteiger partial charge in [-0.15, -0.1) is 11.3 Å². The molecule has 104 valence electrons. The number of ether oxygens (including phenoxy) is 1. The Kier molecular flexibility index (Phi) is 2.82. The van der Waals surface area contributed by atoms with Crippen LogP contribution < -0.4 is 4.74 Å². The molecule has 21 heavy (non-hydrogen) atoms. The first-order valence-electron chi connectivity index (χ1n) is 6.52. The lowest BCUT2D eigenvalue weighted by atomic mass is 10.1. The molecule has 0 unspecified atom stereocenters. The summed E-state index contributed by atoms with van der Waals surface area (Å²) in [5, 5.41) is 8.82. The van der Waals surface area contributed by atoms with E-state index < -0.39 is 0 Å². The average molecular weight is 297 g/mol. The summed E-state index contributed by atoms with van der Waals surface area (Å²) in [5.74, 6) is 1.14. The number of pyridine rings is 1. The van der Waals surface area contributed by atoms with E-state index in [4.69, 9.17) is 14.6 Å². The second-order valence-electron chi connectivity index (χ2n) is 4.66. The van der Waals surface area contributed by atoms with Crippen LogP contribution in [-0.2, 0) is 0 Å². The zero-order chi connectivity index (χ0) is 14.2. The van der Waals surface area contributed by atoms with Crippen molar-refractivity contribution in [2.45, 2.75) is 6.42 Å². The summed E-state index contributed by atoms with van der Waals surface area (Å²) in [7, 11) is 0. The molecule has 1 aliphatic rings. The van der Waals surface area contributed by atoms with Crippen molar-refractivity contribution in [3.8, 4) is 27.2 Å². The normalized spacial score (nSPS) is 13.8. The topological polar surface area (TPSA) is 72.0 Å². The fourth-order valence-electron chi connectivity index (χ4n) is 2.20. The van der Waals surface area contributed by atoms with Gasteiger partial charge in [0.1, 0.15) is 5.01 Å². The van der Waals surface area contributed by atoms with Gasteiger partial charge in [-0.2, -0.15) is 0 Å². The number of hydrogen-bond acceptors (Lipinski definition) is 6. The Bertz CT molecular complexity index is 807. The number of furan rings is 1. The lowest BCUT2D eigenvalue weighted by Gasteiger charge is -2.11. The minimum atomic E-state index is 0.442. The van der Waals surface area contributed by atoms with Crippen molar-refractivity contribution in [2.24, 2.45) is 0 Å². The van der Waals surface area contributed by atoms with Gasteiger partial charge in [0.15, 0.2) is 5.76 Å². The first kappa shape index (κ1) is 12.3.